The van der Waals surface area contributed by atoms with Crippen molar-refractivity contribution in [3.63, 3.8) is 0 Å². The van der Waals surface area contributed by atoms with E-state index in [1.807, 2.05) is 9.47 Å². The van der Waals surface area contributed by atoms with Gasteiger partial charge in [-0.2, -0.15) is 0 Å². The molecule has 0 fully saturated rings. The fourth-order valence-electron chi connectivity index (χ4n) is 3.75. The predicted molar refractivity (Wildman–Crippen MR) is 113 cm³/mol. The van der Waals surface area contributed by atoms with Crippen molar-refractivity contribution >= 4 is 17.5 Å². The number of benzene rings is 1. The zero-order valence-electron chi connectivity index (χ0n) is 17.5. The van der Waals surface area contributed by atoms with Crippen LogP contribution in [0.4, 0.5) is 5.69 Å². The van der Waals surface area contributed by atoms with Gasteiger partial charge in [-0.15, -0.1) is 0 Å². The van der Waals surface area contributed by atoms with Gasteiger partial charge >= 0.3 is 0 Å². The van der Waals surface area contributed by atoms with Gasteiger partial charge in [-0.3, -0.25) is 9.59 Å². The largest absolute Gasteiger partial charge is 0.497 e. The first kappa shape index (κ1) is 20.9. The van der Waals surface area contributed by atoms with E-state index >= 15 is 0 Å². The quantitative estimate of drug-likeness (QED) is 0.735. The summed E-state index contributed by atoms with van der Waals surface area (Å²) in [4.78, 5) is 32.5. The van der Waals surface area contributed by atoms with Gasteiger partial charge in [-0.05, 0) is 56.4 Å². The van der Waals surface area contributed by atoms with E-state index in [-0.39, 0.29) is 11.8 Å². The maximum absolute atomic E-state index is 13.2. The minimum Gasteiger partial charge on any atom is -0.497 e. The fourth-order valence-corrected chi connectivity index (χ4v) is 3.75. The molecule has 1 aromatic heterocycles. The lowest BCUT2D eigenvalue weighted by molar-refractivity contribution is 0.0737. The highest BCUT2D eigenvalue weighted by Gasteiger charge is 2.29. The Kier molecular flexibility index (Phi) is 6.90. The van der Waals surface area contributed by atoms with Crippen molar-refractivity contribution in [2.24, 2.45) is 0 Å². The maximum Gasteiger partial charge on any atom is 0.289 e. The number of nitrogens with one attached hydrogen (secondary N) is 1. The molecule has 0 bridgehead atoms. The molecular formula is C22H30N4O3. The number of fused-ring (bicyclic) bond motifs is 1. The molecule has 0 aliphatic carbocycles. The van der Waals surface area contributed by atoms with Gasteiger partial charge in [0, 0.05) is 25.3 Å². The van der Waals surface area contributed by atoms with E-state index in [0.29, 0.717) is 30.3 Å². The van der Waals surface area contributed by atoms with E-state index in [1.54, 1.807) is 31.4 Å². The molecule has 0 saturated heterocycles. The second-order valence-corrected chi connectivity index (χ2v) is 7.31. The van der Waals surface area contributed by atoms with E-state index in [4.69, 9.17) is 4.74 Å². The topological polar surface area (TPSA) is 76.5 Å². The first-order valence-corrected chi connectivity index (χ1v) is 10.4. The van der Waals surface area contributed by atoms with Gasteiger partial charge in [-0.1, -0.05) is 13.8 Å². The summed E-state index contributed by atoms with van der Waals surface area (Å²) in [5.41, 5.74) is 1.88. The van der Waals surface area contributed by atoms with E-state index < -0.39 is 0 Å². The third-order valence-corrected chi connectivity index (χ3v) is 5.15. The molecule has 0 atom stereocenters. The Hall–Kier alpha value is -2.83. The maximum atomic E-state index is 13.2. The number of hydrogen-bond donors (Lipinski definition) is 1. The number of methoxy groups -OCH3 is 1. The summed E-state index contributed by atoms with van der Waals surface area (Å²) in [5.74, 6) is 0.751. The SMILES string of the molecule is CCCN(CCC)C(=O)c1nc(C(=O)Nc2ccc(OC)cc2)c2n1CCCC2. The Morgan fingerprint density at radius 1 is 1.14 bits per heavy atom. The summed E-state index contributed by atoms with van der Waals surface area (Å²) in [6.07, 6.45) is 4.53. The first-order chi connectivity index (χ1) is 14.1. The highest BCUT2D eigenvalue weighted by molar-refractivity contribution is 6.05. The summed E-state index contributed by atoms with van der Waals surface area (Å²) >= 11 is 0. The zero-order chi connectivity index (χ0) is 20.8. The number of imidazole rings is 1. The summed E-state index contributed by atoms with van der Waals surface area (Å²) in [6.45, 7) is 6.24. The molecule has 1 aliphatic heterocycles. The molecule has 0 spiro atoms. The molecule has 0 saturated carbocycles. The average molecular weight is 399 g/mol. The number of hydrogen-bond acceptors (Lipinski definition) is 4. The minimum absolute atomic E-state index is 0.0830. The van der Waals surface area contributed by atoms with E-state index in [1.165, 1.54) is 0 Å². The van der Waals surface area contributed by atoms with E-state index in [9.17, 15) is 9.59 Å². The van der Waals surface area contributed by atoms with Crippen LogP contribution in [0.3, 0.4) is 0 Å². The Labute approximate surface area is 172 Å². The predicted octanol–water partition coefficient (Wildman–Crippen LogP) is 3.74. The second-order valence-electron chi connectivity index (χ2n) is 7.31. The molecule has 0 radical (unpaired) electrons. The van der Waals surface area contributed by atoms with Crippen molar-refractivity contribution in [1.29, 1.82) is 0 Å². The van der Waals surface area contributed by atoms with Crippen LogP contribution in [0, 0.1) is 0 Å². The molecule has 7 nitrogen and oxygen atoms in total. The van der Waals surface area contributed by atoms with Crippen LogP contribution in [0.1, 0.15) is 66.3 Å². The third kappa shape index (κ3) is 4.60. The van der Waals surface area contributed by atoms with Gasteiger partial charge in [-0.25, -0.2) is 4.98 Å². The van der Waals surface area contributed by atoms with Gasteiger partial charge < -0.3 is 19.5 Å². The second kappa shape index (κ2) is 9.58. The van der Waals surface area contributed by atoms with Gasteiger partial charge in [0.1, 0.15) is 5.75 Å². The molecule has 0 unspecified atom stereocenters. The van der Waals surface area contributed by atoms with Crippen LogP contribution in [0.2, 0.25) is 0 Å². The van der Waals surface area contributed by atoms with Crippen LogP contribution in [0.15, 0.2) is 24.3 Å². The molecule has 2 amide bonds. The molecule has 1 aliphatic rings. The number of amides is 2. The van der Waals surface area contributed by atoms with Crippen LogP contribution in [0.5, 0.6) is 5.75 Å². The lowest BCUT2D eigenvalue weighted by Gasteiger charge is -2.23. The Morgan fingerprint density at radius 3 is 2.45 bits per heavy atom. The highest BCUT2D eigenvalue weighted by Crippen LogP contribution is 2.24. The van der Waals surface area contributed by atoms with Crippen molar-refractivity contribution in [3.8, 4) is 5.75 Å². The van der Waals surface area contributed by atoms with Crippen molar-refractivity contribution in [1.82, 2.24) is 14.5 Å². The third-order valence-electron chi connectivity index (χ3n) is 5.15. The number of aromatic nitrogens is 2. The molecule has 3 rings (SSSR count). The van der Waals surface area contributed by atoms with Crippen molar-refractivity contribution in [2.75, 3.05) is 25.5 Å². The highest BCUT2D eigenvalue weighted by atomic mass is 16.5. The minimum atomic E-state index is -0.280. The fraction of sp³-hybridized carbons (Fsp3) is 0.500. The van der Waals surface area contributed by atoms with Crippen LogP contribution in [0.25, 0.3) is 0 Å². The molecule has 2 aromatic rings. The summed E-state index contributed by atoms with van der Waals surface area (Å²) < 4.78 is 7.11. The number of carbonyl (C=O) groups is 2. The van der Waals surface area contributed by atoms with Crippen LogP contribution < -0.4 is 10.1 Å². The van der Waals surface area contributed by atoms with Gasteiger partial charge in [0.25, 0.3) is 11.8 Å². The van der Waals surface area contributed by atoms with Crippen LogP contribution in [-0.4, -0.2) is 46.5 Å². The Morgan fingerprint density at radius 2 is 1.83 bits per heavy atom. The van der Waals surface area contributed by atoms with E-state index in [2.05, 4.69) is 24.1 Å². The van der Waals surface area contributed by atoms with E-state index in [0.717, 1.165) is 50.1 Å². The van der Waals surface area contributed by atoms with Crippen LogP contribution >= 0.6 is 0 Å². The first-order valence-electron chi connectivity index (χ1n) is 10.4. The van der Waals surface area contributed by atoms with Gasteiger partial charge in [0.15, 0.2) is 11.5 Å². The van der Waals surface area contributed by atoms with Gasteiger partial charge in [0.05, 0.1) is 12.8 Å². The molecule has 156 valence electrons. The van der Waals surface area contributed by atoms with Crippen molar-refractivity contribution in [3.05, 3.63) is 41.5 Å². The monoisotopic (exact) mass is 398 g/mol. The van der Waals surface area contributed by atoms with Crippen molar-refractivity contribution in [2.45, 2.75) is 52.5 Å². The Balaban J connectivity index is 1.88. The normalized spacial score (nSPS) is 12.9. The number of carbonyl (C=O) groups excluding carboxylic acids is 2. The molecule has 29 heavy (non-hydrogen) atoms. The standard InChI is InChI=1S/C22H30N4O3/c1-4-13-25(14-5-2)22(28)20-24-19(18-8-6-7-15-26(18)20)21(27)23-16-9-11-17(29-3)12-10-16/h9-12H,4-8,13-15H2,1-3H3,(H,23,27). The van der Waals surface area contributed by atoms with Crippen LogP contribution in [-0.2, 0) is 13.0 Å². The zero-order valence-corrected chi connectivity index (χ0v) is 17.5. The Bertz CT molecular complexity index is 852. The molecular weight excluding hydrogens is 368 g/mol. The molecule has 2 heterocycles. The molecule has 1 N–H and O–H groups in total. The summed E-state index contributed by atoms with van der Waals surface area (Å²) in [7, 11) is 1.60. The summed E-state index contributed by atoms with van der Waals surface area (Å²) in [6, 6.07) is 7.16. The van der Waals surface area contributed by atoms with Gasteiger partial charge in [0.2, 0.25) is 0 Å². The number of anilines is 1. The number of ether oxygens (including phenoxy) is 1. The summed E-state index contributed by atoms with van der Waals surface area (Å²) in [5, 5.41) is 2.90. The smallest absolute Gasteiger partial charge is 0.289 e. The molecule has 7 heteroatoms. The number of nitrogens with zero attached hydrogens (tertiary/aromatic N) is 3. The van der Waals surface area contributed by atoms with Crippen molar-refractivity contribution < 1.29 is 14.3 Å². The lowest BCUT2D eigenvalue weighted by Crippen LogP contribution is -2.35. The number of rotatable bonds is 8. The average Bonchev–Trinajstić information content (AvgIpc) is 3.13. The lowest BCUT2D eigenvalue weighted by atomic mass is 10.1. The molecule has 1 aromatic carbocycles.